The lowest BCUT2D eigenvalue weighted by atomic mass is 10.0. The van der Waals surface area contributed by atoms with E-state index in [1.807, 2.05) is 12.1 Å². The van der Waals surface area contributed by atoms with Crippen LogP contribution in [0.1, 0.15) is 54.4 Å². The number of hydrogen-bond acceptors (Lipinski definition) is 17. The van der Waals surface area contributed by atoms with Gasteiger partial charge < -0.3 is 59.2 Å². The number of carbonyl (C=O) groups excluding carboxylic acids is 3. The highest BCUT2D eigenvalue weighted by molar-refractivity contribution is 5.96. The molecule has 4 N–H and O–H groups in total. The molecule has 0 atom stereocenters. The summed E-state index contributed by atoms with van der Waals surface area (Å²) in [4.78, 5) is 67.3. The first kappa shape index (κ1) is 75.4. The summed E-state index contributed by atoms with van der Waals surface area (Å²) in [7, 11) is 0. The minimum absolute atomic E-state index is 0.00614. The van der Waals surface area contributed by atoms with Crippen molar-refractivity contribution in [2.75, 3.05) is 132 Å². The molecule has 25 nitrogen and oxygen atoms in total. The Hall–Kier alpha value is -10.4. The van der Waals surface area contributed by atoms with Gasteiger partial charge >= 0.3 is 18.4 Å². The van der Waals surface area contributed by atoms with Crippen molar-refractivity contribution >= 4 is 17.8 Å². The third-order valence-corrected chi connectivity index (χ3v) is 14.9. The number of nitrogens with zero attached hydrogens (tertiary/aromatic N) is 8. The molecule has 0 radical (unpaired) electrons. The topological polar surface area (TPSA) is 300 Å². The lowest BCUT2D eigenvalue weighted by Crippen LogP contribution is -2.39. The molecule has 0 spiro atoms. The van der Waals surface area contributed by atoms with Gasteiger partial charge in [-0.2, -0.15) is 47.1 Å². The van der Waals surface area contributed by atoms with Crippen molar-refractivity contribution in [2.45, 2.75) is 26.2 Å². The van der Waals surface area contributed by atoms with Crippen LogP contribution in [0, 0.1) is 36.5 Å². The first-order chi connectivity index (χ1) is 48.3. The molecule has 0 saturated carbocycles. The van der Waals surface area contributed by atoms with Crippen molar-refractivity contribution in [2.24, 2.45) is 0 Å². The maximum Gasteiger partial charge on any atom is 0.416 e. The van der Waals surface area contributed by atoms with Gasteiger partial charge in [0, 0.05) is 60.1 Å². The normalized spacial score (nSPS) is 11.5. The lowest BCUT2D eigenvalue weighted by Gasteiger charge is -2.19. The molecule has 0 aliphatic rings. The zero-order valence-corrected chi connectivity index (χ0v) is 54.5. The van der Waals surface area contributed by atoms with E-state index in [-0.39, 0.29) is 166 Å². The predicted octanol–water partition coefficient (Wildman–Crippen LogP) is 7.68. The summed E-state index contributed by atoms with van der Waals surface area (Å²) in [6.07, 6.45) is -6.41. The van der Waals surface area contributed by atoms with Crippen molar-refractivity contribution < 1.29 is 78.6 Å². The van der Waals surface area contributed by atoms with Gasteiger partial charge in [0.2, 0.25) is 0 Å². The van der Waals surface area contributed by atoms with Crippen LogP contribution in [0.25, 0.3) is 45.3 Å². The summed E-state index contributed by atoms with van der Waals surface area (Å²) in [5.74, 6) is -1.55. The van der Waals surface area contributed by atoms with Gasteiger partial charge in [-0.1, -0.05) is 12.1 Å². The van der Waals surface area contributed by atoms with Crippen LogP contribution in [-0.2, 0) is 50.2 Å². The van der Waals surface area contributed by atoms with Gasteiger partial charge in [0.1, 0.15) is 11.1 Å². The van der Waals surface area contributed by atoms with Gasteiger partial charge in [-0.3, -0.25) is 28.3 Å². The Labute approximate surface area is 569 Å². The standard InChI is InChI=1S/C69H72F6N12O13/c1-47-57(61-17-19-82-86(61)53-13-9-49(45-76)10-14-53)43-59(65(90)84(47)55-7-3-5-51(41-55)68(70,71)72)63(88)78-21-25-93-29-33-97-37-39-99-35-31-95-27-23-80-67(92)81-24-28-96-32-36-100-40-38-98-34-30-94-26-22-79-64(89)60-44-58(62-18-20-83-87(62)54-15-11-50(46-77)12-16-54)48(2)85(66(60)91)56-8-4-6-52(42-56)69(73,74)75/h3-20,41-44H,21-40H2,1-2H3,(H,78,88)(H,79,89)(H2,80,81,92). The van der Waals surface area contributed by atoms with E-state index in [1.54, 1.807) is 74.5 Å². The van der Waals surface area contributed by atoms with Crippen LogP contribution >= 0.6 is 0 Å². The third kappa shape index (κ3) is 21.3. The number of halogens is 6. The SMILES string of the molecule is Cc1c(-c2ccnn2-c2ccc(C#N)cc2)cc(C(=O)NCCOCCOCCOCCOCCNC(=O)NCCOCCOCCOCCOCCNC(=O)c2cc(-c3ccnn3-c3ccc(C#N)cc3)c(C)n(-c3cccc(C(F)(F)F)c3)c2=O)c(=O)n1-c1cccc(C(F)(F)F)c1. The number of rotatable bonds is 38. The molecular weight excluding hydrogens is 1320 g/mol. The first-order valence-electron chi connectivity index (χ1n) is 31.5. The van der Waals surface area contributed by atoms with E-state index in [0.29, 0.717) is 45.0 Å². The number of amides is 4. The molecule has 4 aromatic carbocycles. The van der Waals surface area contributed by atoms with E-state index in [4.69, 9.17) is 37.9 Å². The number of aromatic nitrogens is 6. The van der Waals surface area contributed by atoms with Gasteiger partial charge in [0.25, 0.3) is 22.9 Å². The predicted molar refractivity (Wildman–Crippen MR) is 351 cm³/mol. The fourth-order valence-corrected chi connectivity index (χ4v) is 10.0. The zero-order chi connectivity index (χ0) is 71.4. The van der Waals surface area contributed by atoms with Crippen LogP contribution in [0.4, 0.5) is 31.1 Å². The quantitative estimate of drug-likeness (QED) is 0.0213. The Bertz CT molecular complexity index is 3970. The molecule has 0 unspecified atom stereocenters. The summed E-state index contributed by atoms with van der Waals surface area (Å²) < 4.78 is 132. The molecule has 0 aliphatic heterocycles. The highest BCUT2D eigenvalue weighted by Gasteiger charge is 2.33. The molecule has 8 rings (SSSR count). The average Bonchev–Trinajstić information content (AvgIpc) is 1.19. The monoisotopic (exact) mass is 1390 g/mol. The van der Waals surface area contributed by atoms with Gasteiger partial charge in [-0.05, 0) is 123 Å². The highest BCUT2D eigenvalue weighted by Crippen LogP contribution is 2.34. The molecular formula is C69H72F6N12O13. The first-order valence-corrected chi connectivity index (χ1v) is 31.5. The van der Waals surface area contributed by atoms with Crippen molar-refractivity contribution in [1.29, 1.82) is 10.5 Å². The lowest BCUT2D eigenvalue weighted by molar-refractivity contribution is -0.138. The maximum atomic E-state index is 14.0. The van der Waals surface area contributed by atoms with E-state index in [2.05, 4.69) is 31.5 Å². The molecule has 0 fully saturated rings. The summed E-state index contributed by atoms with van der Waals surface area (Å²) in [6, 6.07) is 31.3. The van der Waals surface area contributed by atoms with E-state index >= 15 is 0 Å². The van der Waals surface area contributed by atoms with Gasteiger partial charge in [-0.25, -0.2) is 14.2 Å². The van der Waals surface area contributed by atoms with Gasteiger partial charge in [0.15, 0.2) is 0 Å². The number of hydrogen-bond donors (Lipinski definition) is 4. The number of nitriles is 2. The summed E-state index contributed by atoms with van der Waals surface area (Å²) in [6.45, 7) is 7.19. The molecule has 528 valence electrons. The van der Waals surface area contributed by atoms with Crippen molar-refractivity contribution in [3.8, 4) is 57.4 Å². The number of nitrogens with one attached hydrogen (secondary N) is 4. The minimum atomic E-state index is -4.70. The Morgan fingerprint density at radius 2 is 0.730 bits per heavy atom. The molecule has 4 aromatic heterocycles. The number of carbonyl (C=O) groups is 3. The van der Waals surface area contributed by atoms with Crippen LogP contribution in [-0.4, -0.2) is 178 Å². The van der Waals surface area contributed by atoms with Crippen LogP contribution in [0.5, 0.6) is 0 Å². The van der Waals surface area contributed by atoms with Gasteiger partial charge in [-0.15, -0.1) is 0 Å². The average molecular weight is 1390 g/mol. The van der Waals surface area contributed by atoms with Crippen molar-refractivity contribution in [3.05, 3.63) is 199 Å². The summed E-state index contributed by atoms with van der Waals surface area (Å²) in [5.41, 5.74) is -0.530. The molecule has 31 heteroatoms. The number of alkyl halides is 6. The van der Waals surface area contributed by atoms with Crippen LogP contribution < -0.4 is 32.4 Å². The molecule has 8 aromatic rings. The fourth-order valence-electron chi connectivity index (χ4n) is 10.0. The largest absolute Gasteiger partial charge is 0.416 e. The van der Waals surface area contributed by atoms with Gasteiger partial charge in [0.05, 0.1) is 175 Å². The van der Waals surface area contributed by atoms with Crippen LogP contribution in [0.3, 0.4) is 0 Å². The number of benzene rings is 4. The Kier molecular flexibility index (Phi) is 28.3. The Balaban J connectivity index is 0.614. The zero-order valence-electron chi connectivity index (χ0n) is 54.5. The molecule has 100 heavy (non-hydrogen) atoms. The number of ether oxygens (including phenoxy) is 8. The highest BCUT2D eigenvalue weighted by atomic mass is 19.4. The second-order valence-electron chi connectivity index (χ2n) is 21.7. The minimum Gasteiger partial charge on any atom is -0.377 e. The molecule has 4 amide bonds. The number of urea groups is 1. The van der Waals surface area contributed by atoms with Crippen molar-refractivity contribution in [1.82, 2.24) is 50.0 Å². The maximum absolute atomic E-state index is 14.0. The van der Waals surface area contributed by atoms with Crippen molar-refractivity contribution in [3.63, 3.8) is 0 Å². The second-order valence-corrected chi connectivity index (χ2v) is 21.7. The third-order valence-electron chi connectivity index (χ3n) is 14.9. The Morgan fingerprint density at radius 3 is 1.04 bits per heavy atom. The Morgan fingerprint density at radius 1 is 0.420 bits per heavy atom. The molecule has 0 bridgehead atoms. The van der Waals surface area contributed by atoms with E-state index in [9.17, 15) is 60.8 Å². The number of pyridine rings is 2. The van der Waals surface area contributed by atoms with Crippen LogP contribution in [0.15, 0.2) is 143 Å². The molecule has 0 saturated heterocycles. The second kappa shape index (κ2) is 37.6. The van der Waals surface area contributed by atoms with Crippen LogP contribution in [0.2, 0.25) is 0 Å². The van der Waals surface area contributed by atoms with E-state index in [0.717, 1.165) is 33.4 Å². The fraction of sp³-hybridized carbons (Fsp3) is 0.348. The smallest absolute Gasteiger partial charge is 0.377 e. The molecule has 4 heterocycles. The van der Waals surface area contributed by atoms with E-state index in [1.165, 1.54) is 58.2 Å². The summed E-state index contributed by atoms with van der Waals surface area (Å²) >= 11 is 0. The summed E-state index contributed by atoms with van der Waals surface area (Å²) in [5, 5.41) is 38.0. The van der Waals surface area contributed by atoms with E-state index < -0.39 is 52.4 Å². The molecule has 0 aliphatic carbocycles.